The van der Waals surface area contributed by atoms with Crippen molar-refractivity contribution in [1.29, 1.82) is 0 Å². The van der Waals surface area contributed by atoms with E-state index in [1.54, 1.807) is 6.20 Å². The summed E-state index contributed by atoms with van der Waals surface area (Å²) < 4.78 is 2.00. The molecule has 1 aliphatic rings. The van der Waals surface area contributed by atoms with Gasteiger partial charge in [-0.1, -0.05) is 0 Å². The lowest BCUT2D eigenvalue weighted by molar-refractivity contribution is 0.738. The van der Waals surface area contributed by atoms with Gasteiger partial charge in [-0.15, -0.1) is 0 Å². The molecule has 0 aromatic carbocycles. The SMILES string of the molecule is NC1(c2ccn3ccnc3c2)CC1. The van der Waals surface area contributed by atoms with Crippen molar-refractivity contribution in [2.45, 2.75) is 18.4 Å². The Morgan fingerprint density at radius 1 is 1.38 bits per heavy atom. The number of nitrogens with two attached hydrogens (primary N) is 1. The Morgan fingerprint density at radius 3 is 3.00 bits per heavy atom. The zero-order valence-electron chi connectivity index (χ0n) is 7.27. The molecule has 3 nitrogen and oxygen atoms in total. The highest BCUT2D eigenvalue weighted by molar-refractivity contribution is 5.45. The first-order valence-electron chi connectivity index (χ1n) is 4.50. The summed E-state index contributed by atoms with van der Waals surface area (Å²) in [6, 6.07) is 4.16. The van der Waals surface area contributed by atoms with Crippen molar-refractivity contribution in [3.63, 3.8) is 0 Å². The lowest BCUT2D eigenvalue weighted by atomic mass is 10.1. The van der Waals surface area contributed by atoms with Crippen LogP contribution in [0.1, 0.15) is 18.4 Å². The summed E-state index contributed by atoms with van der Waals surface area (Å²) in [7, 11) is 0. The highest BCUT2D eigenvalue weighted by Crippen LogP contribution is 2.42. The first kappa shape index (κ1) is 7.09. The van der Waals surface area contributed by atoms with Crippen LogP contribution in [0.2, 0.25) is 0 Å². The molecule has 1 fully saturated rings. The normalized spacial score (nSPS) is 19.2. The van der Waals surface area contributed by atoms with Gasteiger partial charge in [0, 0.05) is 24.1 Å². The first-order chi connectivity index (χ1) is 6.28. The van der Waals surface area contributed by atoms with Crippen molar-refractivity contribution >= 4 is 5.65 Å². The van der Waals surface area contributed by atoms with Crippen LogP contribution in [-0.2, 0) is 5.54 Å². The predicted octanol–water partition coefficient (Wildman–Crippen LogP) is 1.28. The summed E-state index contributed by atoms with van der Waals surface area (Å²) in [5.74, 6) is 0. The number of hydrogen-bond donors (Lipinski definition) is 1. The van der Waals surface area contributed by atoms with E-state index in [4.69, 9.17) is 5.73 Å². The van der Waals surface area contributed by atoms with Gasteiger partial charge in [-0.2, -0.15) is 0 Å². The summed E-state index contributed by atoms with van der Waals surface area (Å²) in [5.41, 5.74) is 8.24. The van der Waals surface area contributed by atoms with E-state index >= 15 is 0 Å². The highest BCUT2D eigenvalue weighted by atomic mass is 15.0. The number of hydrogen-bond acceptors (Lipinski definition) is 2. The number of pyridine rings is 1. The standard InChI is InChI=1S/C10H11N3/c11-10(2-3-10)8-1-5-13-6-4-12-9(13)7-8/h1,4-7H,2-3,11H2. The monoisotopic (exact) mass is 173 g/mol. The maximum absolute atomic E-state index is 6.09. The molecule has 1 aliphatic carbocycles. The quantitative estimate of drug-likeness (QED) is 0.706. The fourth-order valence-corrected chi connectivity index (χ4v) is 1.64. The second-order valence-electron chi connectivity index (χ2n) is 3.76. The van der Waals surface area contributed by atoms with E-state index in [0.717, 1.165) is 18.5 Å². The molecule has 0 radical (unpaired) electrons. The molecule has 2 N–H and O–H groups in total. The van der Waals surface area contributed by atoms with E-state index in [1.807, 2.05) is 16.8 Å². The average Bonchev–Trinajstić information content (AvgIpc) is 2.74. The second-order valence-corrected chi connectivity index (χ2v) is 3.76. The number of nitrogens with zero attached hydrogens (tertiary/aromatic N) is 2. The highest BCUT2D eigenvalue weighted by Gasteiger charge is 2.40. The van der Waals surface area contributed by atoms with E-state index in [9.17, 15) is 0 Å². The third-order valence-corrected chi connectivity index (χ3v) is 2.76. The molecule has 3 heteroatoms. The molecule has 2 heterocycles. The molecule has 1 saturated carbocycles. The molecule has 0 bridgehead atoms. The van der Waals surface area contributed by atoms with E-state index < -0.39 is 0 Å². The zero-order valence-corrected chi connectivity index (χ0v) is 7.27. The zero-order chi connectivity index (χ0) is 8.89. The van der Waals surface area contributed by atoms with Gasteiger partial charge in [-0.3, -0.25) is 0 Å². The van der Waals surface area contributed by atoms with E-state index in [0.29, 0.717) is 0 Å². The van der Waals surface area contributed by atoms with Gasteiger partial charge in [-0.05, 0) is 30.5 Å². The molecule has 0 aliphatic heterocycles. The Morgan fingerprint density at radius 2 is 2.23 bits per heavy atom. The number of aromatic nitrogens is 2. The van der Waals surface area contributed by atoms with Gasteiger partial charge in [0.15, 0.2) is 0 Å². The topological polar surface area (TPSA) is 43.3 Å². The van der Waals surface area contributed by atoms with Crippen molar-refractivity contribution in [2.24, 2.45) is 5.73 Å². The van der Waals surface area contributed by atoms with E-state index in [1.165, 1.54) is 5.56 Å². The minimum atomic E-state index is -0.0479. The predicted molar refractivity (Wildman–Crippen MR) is 50.3 cm³/mol. The summed E-state index contributed by atoms with van der Waals surface area (Å²) in [6.45, 7) is 0. The Balaban J connectivity index is 2.20. The minimum Gasteiger partial charge on any atom is -0.321 e. The Hall–Kier alpha value is -1.35. The van der Waals surface area contributed by atoms with Crippen LogP contribution in [0.4, 0.5) is 0 Å². The summed E-state index contributed by atoms with van der Waals surface area (Å²) in [5, 5.41) is 0. The van der Waals surface area contributed by atoms with Crippen molar-refractivity contribution in [3.8, 4) is 0 Å². The van der Waals surface area contributed by atoms with Gasteiger partial charge in [0.25, 0.3) is 0 Å². The van der Waals surface area contributed by atoms with Crippen molar-refractivity contribution in [2.75, 3.05) is 0 Å². The van der Waals surface area contributed by atoms with E-state index in [-0.39, 0.29) is 5.54 Å². The molecule has 0 spiro atoms. The van der Waals surface area contributed by atoms with E-state index in [2.05, 4.69) is 17.1 Å². The van der Waals surface area contributed by atoms with Crippen LogP contribution in [0, 0.1) is 0 Å². The van der Waals surface area contributed by atoms with Crippen molar-refractivity contribution < 1.29 is 0 Å². The van der Waals surface area contributed by atoms with Crippen LogP contribution in [0.25, 0.3) is 5.65 Å². The molecule has 2 aromatic heterocycles. The van der Waals surface area contributed by atoms with Crippen molar-refractivity contribution in [1.82, 2.24) is 9.38 Å². The Kier molecular flexibility index (Phi) is 1.15. The number of imidazole rings is 1. The molecule has 66 valence electrons. The summed E-state index contributed by atoms with van der Waals surface area (Å²) >= 11 is 0. The van der Waals surface area contributed by atoms with Gasteiger partial charge in [-0.25, -0.2) is 4.98 Å². The fourth-order valence-electron chi connectivity index (χ4n) is 1.64. The lowest BCUT2D eigenvalue weighted by Crippen LogP contribution is -2.18. The lowest BCUT2D eigenvalue weighted by Gasteiger charge is -2.08. The average molecular weight is 173 g/mol. The molecule has 0 atom stereocenters. The Bertz CT molecular complexity index is 454. The smallest absolute Gasteiger partial charge is 0.136 e. The van der Waals surface area contributed by atoms with Crippen LogP contribution in [0.5, 0.6) is 0 Å². The maximum Gasteiger partial charge on any atom is 0.136 e. The third kappa shape index (κ3) is 0.971. The van der Waals surface area contributed by atoms with Gasteiger partial charge in [0.05, 0.1) is 0 Å². The molecule has 0 saturated heterocycles. The molecule has 2 aromatic rings. The number of fused-ring (bicyclic) bond motifs is 1. The fraction of sp³-hybridized carbons (Fsp3) is 0.300. The van der Waals surface area contributed by atoms with Gasteiger partial charge in [0.2, 0.25) is 0 Å². The van der Waals surface area contributed by atoms with Crippen LogP contribution >= 0.6 is 0 Å². The molecular formula is C10H11N3. The largest absolute Gasteiger partial charge is 0.321 e. The molecule has 13 heavy (non-hydrogen) atoms. The molecule has 3 rings (SSSR count). The third-order valence-electron chi connectivity index (χ3n) is 2.76. The van der Waals surface area contributed by atoms with Gasteiger partial charge in [0.1, 0.15) is 5.65 Å². The maximum atomic E-state index is 6.09. The van der Waals surface area contributed by atoms with Crippen LogP contribution < -0.4 is 5.73 Å². The van der Waals surface area contributed by atoms with Crippen LogP contribution in [0.3, 0.4) is 0 Å². The number of rotatable bonds is 1. The van der Waals surface area contributed by atoms with Gasteiger partial charge >= 0.3 is 0 Å². The molecule has 0 unspecified atom stereocenters. The minimum absolute atomic E-state index is 0.0479. The molecule has 0 amide bonds. The second kappa shape index (κ2) is 2.12. The summed E-state index contributed by atoms with van der Waals surface area (Å²) in [4.78, 5) is 4.23. The van der Waals surface area contributed by atoms with Gasteiger partial charge < -0.3 is 10.1 Å². The van der Waals surface area contributed by atoms with Crippen molar-refractivity contribution in [3.05, 3.63) is 36.3 Å². The Labute approximate surface area is 76.2 Å². The summed E-state index contributed by atoms with van der Waals surface area (Å²) in [6.07, 6.45) is 7.96. The molecular weight excluding hydrogens is 162 g/mol. The van der Waals surface area contributed by atoms with Crippen LogP contribution in [-0.4, -0.2) is 9.38 Å². The first-order valence-corrected chi connectivity index (χ1v) is 4.50. The van der Waals surface area contributed by atoms with Crippen LogP contribution in [0.15, 0.2) is 30.7 Å².